The minimum Gasteiger partial charge on any atom is -0.504 e. The fourth-order valence-electron chi connectivity index (χ4n) is 3.02. The molecule has 1 unspecified atom stereocenters. The average Bonchev–Trinajstić information content (AvgIpc) is 2.50. The van der Waals surface area contributed by atoms with Gasteiger partial charge < -0.3 is 15.6 Å². The largest absolute Gasteiger partial charge is 0.504 e. The summed E-state index contributed by atoms with van der Waals surface area (Å²) >= 11 is 0. The summed E-state index contributed by atoms with van der Waals surface area (Å²) in [6.45, 7) is 5.12. The van der Waals surface area contributed by atoms with Crippen LogP contribution in [0.4, 0.5) is 0 Å². The molecule has 2 rings (SSSR count). The van der Waals surface area contributed by atoms with E-state index in [4.69, 9.17) is 10.5 Å². The number of nitrogens with zero attached hydrogens (tertiary/aromatic N) is 1. The average molecular weight is 278 g/mol. The molecule has 1 atom stereocenters. The second-order valence-corrected chi connectivity index (χ2v) is 5.93. The lowest BCUT2D eigenvalue weighted by Crippen LogP contribution is -2.54. The van der Waals surface area contributed by atoms with Crippen LogP contribution in [0.1, 0.15) is 31.7 Å². The first-order valence-electron chi connectivity index (χ1n) is 7.40. The van der Waals surface area contributed by atoms with E-state index in [2.05, 4.69) is 11.8 Å². The van der Waals surface area contributed by atoms with Crippen molar-refractivity contribution in [3.8, 4) is 11.5 Å². The molecule has 0 bridgehead atoms. The summed E-state index contributed by atoms with van der Waals surface area (Å²) < 4.78 is 5.18. The predicted molar refractivity (Wildman–Crippen MR) is 81.2 cm³/mol. The first-order chi connectivity index (χ1) is 9.59. The van der Waals surface area contributed by atoms with Crippen molar-refractivity contribution in [2.75, 3.05) is 26.7 Å². The van der Waals surface area contributed by atoms with E-state index in [1.165, 1.54) is 19.3 Å². The van der Waals surface area contributed by atoms with E-state index in [0.717, 1.165) is 25.1 Å². The van der Waals surface area contributed by atoms with Gasteiger partial charge in [0.25, 0.3) is 0 Å². The van der Waals surface area contributed by atoms with E-state index >= 15 is 0 Å². The van der Waals surface area contributed by atoms with Crippen LogP contribution in [-0.2, 0) is 6.42 Å². The first-order valence-corrected chi connectivity index (χ1v) is 7.40. The molecule has 20 heavy (non-hydrogen) atoms. The lowest BCUT2D eigenvalue weighted by molar-refractivity contribution is 0.0869. The summed E-state index contributed by atoms with van der Waals surface area (Å²) in [6, 6.07) is 5.56. The minimum atomic E-state index is -0.0254. The second kappa shape index (κ2) is 6.46. The monoisotopic (exact) mass is 278 g/mol. The summed E-state index contributed by atoms with van der Waals surface area (Å²) in [4.78, 5) is 2.51. The van der Waals surface area contributed by atoms with E-state index in [9.17, 15) is 5.11 Å². The van der Waals surface area contributed by atoms with Gasteiger partial charge in [0.05, 0.1) is 7.11 Å². The molecule has 0 amide bonds. The Morgan fingerprint density at radius 1 is 1.30 bits per heavy atom. The van der Waals surface area contributed by atoms with Crippen LogP contribution in [0.15, 0.2) is 18.2 Å². The van der Waals surface area contributed by atoms with Gasteiger partial charge in [0.15, 0.2) is 11.5 Å². The van der Waals surface area contributed by atoms with Crippen LogP contribution in [0.2, 0.25) is 0 Å². The maximum atomic E-state index is 9.68. The summed E-state index contributed by atoms with van der Waals surface area (Å²) in [5.41, 5.74) is 7.19. The Balaban J connectivity index is 2.16. The third-order valence-corrected chi connectivity index (χ3v) is 4.39. The molecular formula is C16H26N2O2. The summed E-state index contributed by atoms with van der Waals surface area (Å²) in [5, 5.41) is 9.68. The number of piperidine rings is 1. The highest BCUT2D eigenvalue weighted by Gasteiger charge is 2.31. The normalized spacial score (nSPS) is 19.6. The number of phenols is 1. The molecule has 4 heteroatoms. The zero-order valence-electron chi connectivity index (χ0n) is 12.6. The maximum absolute atomic E-state index is 9.68. The van der Waals surface area contributed by atoms with Gasteiger partial charge in [-0.2, -0.15) is 0 Å². The van der Waals surface area contributed by atoms with Gasteiger partial charge in [0.2, 0.25) is 0 Å². The zero-order chi connectivity index (χ0) is 14.6. The fourth-order valence-corrected chi connectivity index (χ4v) is 3.02. The number of aromatic hydroxyl groups is 1. The van der Waals surface area contributed by atoms with Gasteiger partial charge in [-0.1, -0.05) is 12.5 Å². The van der Waals surface area contributed by atoms with E-state index in [1.807, 2.05) is 12.1 Å². The molecule has 1 saturated heterocycles. The molecule has 0 aromatic heterocycles. The van der Waals surface area contributed by atoms with Crippen LogP contribution in [0, 0.1) is 0 Å². The highest BCUT2D eigenvalue weighted by molar-refractivity contribution is 5.42. The summed E-state index contributed by atoms with van der Waals surface area (Å²) in [7, 11) is 1.57. The third kappa shape index (κ3) is 3.25. The molecule has 0 spiro atoms. The molecule has 112 valence electrons. The van der Waals surface area contributed by atoms with Crippen molar-refractivity contribution < 1.29 is 9.84 Å². The Labute approximate surface area is 121 Å². The maximum Gasteiger partial charge on any atom is 0.160 e. The second-order valence-electron chi connectivity index (χ2n) is 5.93. The molecule has 1 heterocycles. The topological polar surface area (TPSA) is 58.7 Å². The van der Waals surface area contributed by atoms with E-state index < -0.39 is 0 Å². The Morgan fingerprint density at radius 2 is 2.00 bits per heavy atom. The predicted octanol–water partition coefficient (Wildman–Crippen LogP) is 2.15. The van der Waals surface area contributed by atoms with Crippen molar-refractivity contribution >= 4 is 0 Å². The Hall–Kier alpha value is -1.26. The van der Waals surface area contributed by atoms with Gasteiger partial charge in [0, 0.05) is 12.1 Å². The molecule has 1 aromatic carbocycles. The van der Waals surface area contributed by atoms with Gasteiger partial charge in [-0.25, -0.2) is 0 Å². The lowest BCUT2D eigenvalue weighted by atomic mass is 9.89. The molecule has 1 aliphatic heterocycles. The molecule has 1 aliphatic rings. The van der Waals surface area contributed by atoms with Crippen LogP contribution >= 0.6 is 0 Å². The lowest BCUT2D eigenvalue weighted by Gasteiger charge is -2.43. The van der Waals surface area contributed by atoms with Crippen LogP contribution in [-0.4, -0.2) is 42.3 Å². The van der Waals surface area contributed by atoms with Crippen molar-refractivity contribution in [3.63, 3.8) is 0 Å². The van der Waals surface area contributed by atoms with Crippen molar-refractivity contribution in [3.05, 3.63) is 23.8 Å². The van der Waals surface area contributed by atoms with Crippen LogP contribution in [0.25, 0.3) is 0 Å². The van der Waals surface area contributed by atoms with Crippen molar-refractivity contribution in [2.24, 2.45) is 5.73 Å². The molecule has 1 aromatic rings. The molecule has 4 nitrogen and oxygen atoms in total. The third-order valence-electron chi connectivity index (χ3n) is 4.39. The molecule has 3 N–H and O–H groups in total. The van der Waals surface area contributed by atoms with Crippen LogP contribution in [0.3, 0.4) is 0 Å². The zero-order valence-corrected chi connectivity index (χ0v) is 12.6. The van der Waals surface area contributed by atoms with E-state index in [1.54, 1.807) is 13.2 Å². The Morgan fingerprint density at radius 3 is 2.60 bits per heavy atom. The molecule has 0 aliphatic carbocycles. The van der Waals surface area contributed by atoms with Gasteiger partial charge in [-0.15, -0.1) is 0 Å². The number of ether oxygens (including phenoxy) is 1. The molecule has 0 radical (unpaired) electrons. The number of rotatable bonds is 5. The number of methoxy groups -OCH3 is 1. The minimum absolute atomic E-state index is 0.0254. The molecule has 1 fully saturated rings. The van der Waals surface area contributed by atoms with Crippen molar-refractivity contribution in [1.82, 2.24) is 4.90 Å². The number of hydrogen-bond acceptors (Lipinski definition) is 4. The number of benzene rings is 1. The fraction of sp³-hybridized carbons (Fsp3) is 0.625. The Kier molecular flexibility index (Phi) is 4.89. The van der Waals surface area contributed by atoms with Gasteiger partial charge in [-0.3, -0.25) is 4.90 Å². The number of likely N-dealkylation sites (tertiary alicyclic amines) is 1. The highest BCUT2D eigenvalue weighted by atomic mass is 16.5. The van der Waals surface area contributed by atoms with Crippen molar-refractivity contribution in [1.29, 1.82) is 0 Å². The molecule has 0 saturated carbocycles. The van der Waals surface area contributed by atoms with Gasteiger partial charge >= 0.3 is 0 Å². The van der Waals surface area contributed by atoms with Crippen molar-refractivity contribution in [2.45, 2.75) is 38.1 Å². The SMILES string of the molecule is COc1cc(CC(C)(CN)N2CCCCC2)ccc1O. The summed E-state index contributed by atoms with van der Waals surface area (Å²) in [5.74, 6) is 0.712. The smallest absolute Gasteiger partial charge is 0.160 e. The highest BCUT2D eigenvalue weighted by Crippen LogP contribution is 2.30. The van der Waals surface area contributed by atoms with Gasteiger partial charge in [-0.05, 0) is 57.0 Å². The first kappa shape index (κ1) is 15.1. The van der Waals surface area contributed by atoms with E-state index in [-0.39, 0.29) is 11.3 Å². The molecular weight excluding hydrogens is 252 g/mol. The summed E-state index contributed by atoms with van der Waals surface area (Å²) in [6.07, 6.45) is 4.72. The quantitative estimate of drug-likeness (QED) is 0.866. The van der Waals surface area contributed by atoms with Gasteiger partial charge in [0.1, 0.15) is 0 Å². The number of nitrogens with two attached hydrogens (primary N) is 1. The number of hydrogen-bond donors (Lipinski definition) is 2. The Bertz CT molecular complexity index is 444. The van der Waals surface area contributed by atoms with Crippen LogP contribution < -0.4 is 10.5 Å². The van der Waals surface area contributed by atoms with E-state index in [0.29, 0.717) is 12.3 Å². The number of phenolic OH excluding ortho intramolecular Hbond substituents is 1. The standard InChI is InChI=1S/C16H26N2O2/c1-16(12-17,18-8-4-3-5-9-18)11-13-6-7-14(19)15(10-13)20-2/h6-7,10,19H,3-5,8-9,11-12,17H2,1-2H3. The van der Waals surface area contributed by atoms with Crippen LogP contribution in [0.5, 0.6) is 11.5 Å².